The maximum absolute atomic E-state index is 12.0. The molecule has 1 N–H and O–H groups in total. The van der Waals surface area contributed by atoms with Crippen LogP contribution in [-0.4, -0.2) is 23.6 Å². The van der Waals surface area contributed by atoms with Crippen LogP contribution in [-0.2, 0) is 24.1 Å². The molecule has 0 aliphatic carbocycles. The van der Waals surface area contributed by atoms with Gasteiger partial charge in [0.05, 0.1) is 0 Å². The Hall–Kier alpha value is -1.41. The van der Waals surface area contributed by atoms with Crippen molar-refractivity contribution in [1.82, 2.24) is 13.9 Å². The zero-order valence-corrected chi connectivity index (χ0v) is 11.6. The summed E-state index contributed by atoms with van der Waals surface area (Å²) in [5.74, 6) is 0. The van der Waals surface area contributed by atoms with Crippen molar-refractivity contribution >= 4 is 10.0 Å². The van der Waals surface area contributed by atoms with E-state index in [2.05, 4.69) is 4.72 Å². The van der Waals surface area contributed by atoms with Crippen molar-refractivity contribution in [3.8, 4) is 0 Å². The minimum absolute atomic E-state index is 0.281. The first-order valence-corrected chi connectivity index (χ1v) is 6.98. The van der Waals surface area contributed by atoms with Crippen molar-refractivity contribution in [2.24, 2.45) is 14.1 Å². The number of nitrogens with one attached hydrogen (secondary N) is 1. The fourth-order valence-corrected chi connectivity index (χ4v) is 2.86. The van der Waals surface area contributed by atoms with Crippen LogP contribution in [0.4, 0.5) is 0 Å². The first kappa shape index (κ1) is 14.7. The minimum Gasteiger partial charge on any atom is -0.302 e. The Morgan fingerprint density at radius 1 is 1.33 bits per heavy atom. The molecule has 0 spiro atoms. The number of sulfonamides is 1. The van der Waals surface area contributed by atoms with Gasteiger partial charge in [0.1, 0.15) is 0 Å². The molecule has 1 atom stereocenters. The van der Waals surface area contributed by atoms with Gasteiger partial charge in [-0.2, -0.15) is 0 Å². The van der Waals surface area contributed by atoms with Gasteiger partial charge in [-0.25, -0.2) is 17.9 Å². The Morgan fingerprint density at radius 2 is 1.89 bits per heavy atom. The lowest BCUT2D eigenvalue weighted by atomic mass is 10.3. The Balaban J connectivity index is 3.44. The van der Waals surface area contributed by atoms with E-state index in [4.69, 9.17) is 0 Å². The molecule has 1 aromatic rings. The van der Waals surface area contributed by atoms with Crippen molar-refractivity contribution < 1.29 is 8.42 Å². The predicted molar refractivity (Wildman–Crippen MR) is 67.0 cm³/mol. The molecule has 1 rings (SSSR count). The Bertz CT molecular complexity index is 657. The highest BCUT2D eigenvalue weighted by molar-refractivity contribution is 7.89. The fourth-order valence-electron chi connectivity index (χ4n) is 1.37. The third-order valence-corrected chi connectivity index (χ3v) is 4.24. The molecular weight excluding hydrogens is 258 g/mol. The van der Waals surface area contributed by atoms with E-state index in [1.807, 2.05) is 6.92 Å². The van der Waals surface area contributed by atoms with Crippen molar-refractivity contribution in [3.63, 3.8) is 0 Å². The maximum atomic E-state index is 12.0. The lowest BCUT2D eigenvalue weighted by molar-refractivity contribution is 0.548. The third kappa shape index (κ3) is 2.70. The lowest BCUT2D eigenvalue weighted by Gasteiger charge is -2.12. The van der Waals surface area contributed by atoms with Gasteiger partial charge in [-0.1, -0.05) is 6.92 Å². The van der Waals surface area contributed by atoms with E-state index < -0.39 is 26.2 Å². The van der Waals surface area contributed by atoms with Gasteiger partial charge in [0.25, 0.3) is 5.56 Å². The molecule has 0 aromatic carbocycles. The third-order valence-electron chi connectivity index (χ3n) is 2.67. The van der Waals surface area contributed by atoms with Crippen LogP contribution in [0.15, 0.2) is 20.7 Å². The van der Waals surface area contributed by atoms with Gasteiger partial charge < -0.3 is 4.57 Å². The highest BCUT2D eigenvalue weighted by Crippen LogP contribution is 2.02. The molecule has 0 aliphatic heterocycles. The van der Waals surface area contributed by atoms with E-state index in [-0.39, 0.29) is 6.04 Å². The molecule has 1 heterocycles. The topological polar surface area (TPSA) is 90.2 Å². The molecule has 0 radical (unpaired) electrons. The molecule has 0 fully saturated rings. The smallest absolute Gasteiger partial charge is 0.302 e. The highest BCUT2D eigenvalue weighted by atomic mass is 32.2. The number of hydrogen-bond donors (Lipinski definition) is 1. The standard InChI is InChI=1S/C10H17N3O4S/c1-5-7(2)11-18(16,17)8-6-12(3)10(15)13(4)9(8)14/h6-7,11H,5H2,1-4H3. The van der Waals surface area contributed by atoms with E-state index >= 15 is 0 Å². The quantitative estimate of drug-likeness (QED) is 0.776. The van der Waals surface area contributed by atoms with Gasteiger partial charge in [0, 0.05) is 26.3 Å². The van der Waals surface area contributed by atoms with Gasteiger partial charge in [0.2, 0.25) is 10.0 Å². The lowest BCUT2D eigenvalue weighted by Crippen LogP contribution is -2.42. The second-order valence-electron chi connectivity index (χ2n) is 4.18. The Kier molecular flexibility index (Phi) is 4.12. The Labute approximate surface area is 105 Å². The fraction of sp³-hybridized carbons (Fsp3) is 0.600. The summed E-state index contributed by atoms with van der Waals surface area (Å²) in [6.07, 6.45) is 1.64. The minimum atomic E-state index is -3.91. The summed E-state index contributed by atoms with van der Waals surface area (Å²) in [4.78, 5) is 22.8. The number of aromatic nitrogens is 2. The maximum Gasteiger partial charge on any atom is 0.330 e. The SMILES string of the molecule is CCC(C)NS(=O)(=O)c1cn(C)c(=O)n(C)c1=O. The Morgan fingerprint density at radius 3 is 2.39 bits per heavy atom. The summed E-state index contributed by atoms with van der Waals surface area (Å²) in [6, 6.07) is -0.281. The summed E-state index contributed by atoms with van der Waals surface area (Å²) < 4.78 is 28.2. The molecule has 0 bridgehead atoms. The van der Waals surface area contributed by atoms with Crippen LogP contribution in [0.25, 0.3) is 0 Å². The van der Waals surface area contributed by atoms with E-state index in [9.17, 15) is 18.0 Å². The van der Waals surface area contributed by atoms with E-state index in [0.717, 1.165) is 15.3 Å². The number of nitrogens with zero attached hydrogens (tertiary/aromatic N) is 2. The molecule has 18 heavy (non-hydrogen) atoms. The first-order valence-electron chi connectivity index (χ1n) is 5.49. The second-order valence-corrected chi connectivity index (χ2v) is 5.86. The zero-order chi connectivity index (χ0) is 14.1. The molecule has 0 amide bonds. The van der Waals surface area contributed by atoms with E-state index in [1.165, 1.54) is 14.1 Å². The van der Waals surface area contributed by atoms with Crippen LogP contribution in [0.5, 0.6) is 0 Å². The van der Waals surface area contributed by atoms with Crippen LogP contribution < -0.4 is 16.0 Å². The average molecular weight is 275 g/mol. The van der Waals surface area contributed by atoms with Crippen LogP contribution >= 0.6 is 0 Å². The van der Waals surface area contributed by atoms with Crippen LogP contribution in [0.2, 0.25) is 0 Å². The highest BCUT2D eigenvalue weighted by Gasteiger charge is 2.22. The molecule has 0 saturated carbocycles. The summed E-state index contributed by atoms with van der Waals surface area (Å²) >= 11 is 0. The predicted octanol–water partition coefficient (Wildman–Crippen LogP) is -0.839. The zero-order valence-electron chi connectivity index (χ0n) is 10.8. The molecule has 8 heteroatoms. The van der Waals surface area contributed by atoms with Gasteiger partial charge in [-0.15, -0.1) is 0 Å². The van der Waals surface area contributed by atoms with Gasteiger partial charge in [-0.3, -0.25) is 9.36 Å². The monoisotopic (exact) mass is 275 g/mol. The number of hydrogen-bond acceptors (Lipinski definition) is 4. The van der Waals surface area contributed by atoms with Crippen LogP contribution in [0, 0.1) is 0 Å². The summed E-state index contributed by atoms with van der Waals surface area (Å²) in [6.45, 7) is 3.52. The molecule has 0 aliphatic rings. The van der Waals surface area contributed by atoms with Gasteiger partial charge in [0.15, 0.2) is 4.90 Å². The summed E-state index contributed by atoms with van der Waals surface area (Å²) in [7, 11) is -1.27. The average Bonchev–Trinajstić information content (AvgIpc) is 2.30. The van der Waals surface area contributed by atoms with Crippen molar-refractivity contribution in [3.05, 3.63) is 27.0 Å². The molecule has 102 valence electrons. The number of aryl methyl sites for hydroxylation is 1. The normalized spacial score (nSPS) is 13.6. The van der Waals surface area contributed by atoms with Crippen LogP contribution in [0.3, 0.4) is 0 Å². The summed E-state index contributed by atoms with van der Waals surface area (Å²) in [5, 5.41) is 0. The van der Waals surface area contributed by atoms with Gasteiger partial charge in [-0.05, 0) is 13.3 Å². The van der Waals surface area contributed by atoms with Crippen molar-refractivity contribution in [2.45, 2.75) is 31.2 Å². The van der Waals surface area contributed by atoms with Gasteiger partial charge >= 0.3 is 5.69 Å². The van der Waals surface area contributed by atoms with Crippen LogP contribution in [0.1, 0.15) is 20.3 Å². The van der Waals surface area contributed by atoms with E-state index in [1.54, 1.807) is 6.92 Å². The molecule has 1 aromatic heterocycles. The largest absolute Gasteiger partial charge is 0.330 e. The summed E-state index contributed by atoms with van der Waals surface area (Å²) in [5.41, 5.74) is -1.39. The van der Waals surface area contributed by atoms with Crippen molar-refractivity contribution in [1.29, 1.82) is 0 Å². The molecule has 0 saturated heterocycles. The molecule has 1 unspecified atom stereocenters. The second kappa shape index (κ2) is 5.07. The van der Waals surface area contributed by atoms with Crippen molar-refractivity contribution in [2.75, 3.05) is 0 Å². The molecular formula is C10H17N3O4S. The first-order chi connectivity index (χ1) is 8.20. The number of rotatable bonds is 4. The van der Waals surface area contributed by atoms with E-state index in [0.29, 0.717) is 6.42 Å². The molecule has 7 nitrogen and oxygen atoms in total.